The molecular formula is C27H24F2N2O2. The molecule has 0 atom stereocenters. The van der Waals surface area contributed by atoms with Crippen molar-refractivity contribution in [2.24, 2.45) is 0 Å². The van der Waals surface area contributed by atoms with Crippen molar-refractivity contribution in [1.82, 2.24) is 0 Å². The molecule has 168 valence electrons. The summed E-state index contributed by atoms with van der Waals surface area (Å²) in [7, 11) is 0. The monoisotopic (exact) mass is 446 g/mol. The second-order valence-electron chi connectivity index (χ2n) is 8.51. The topological polar surface area (TPSA) is 49.4 Å². The number of aryl methyl sites for hydroxylation is 2. The molecule has 3 aromatic carbocycles. The van der Waals surface area contributed by atoms with Crippen LogP contribution in [0.3, 0.4) is 0 Å². The normalized spacial score (nSPS) is 14.0. The Kier molecular flexibility index (Phi) is 5.85. The molecule has 0 fully saturated rings. The molecule has 33 heavy (non-hydrogen) atoms. The van der Waals surface area contributed by atoms with Crippen LogP contribution in [0, 0.1) is 25.5 Å². The number of carbonyl (C=O) groups is 2. The van der Waals surface area contributed by atoms with Crippen molar-refractivity contribution in [3.05, 3.63) is 100 Å². The van der Waals surface area contributed by atoms with Crippen molar-refractivity contribution < 1.29 is 18.4 Å². The third-order valence-corrected chi connectivity index (χ3v) is 5.74. The lowest BCUT2D eigenvalue weighted by Gasteiger charge is -2.17. The van der Waals surface area contributed by atoms with Gasteiger partial charge in [0.15, 0.2) is 11.6 Å². The predicted molar refractivity (Wildman–Crippen MR) is 126 cm³/mol. The Morgan fingerprint density at radius 1 is 0.818 bits per heavy atom. The zero-order chi connectivity index (χ0) is 23.9. The van der Waals surface area contributed by atoms with Gasteiger partial charge in [0, 0.05) is 11.8 Å². The van der Waals surface area contributed by atoms with Crippen LogP contribution < -0.4 is 10.2 Å². The first-order valence-electron chi connectivity index (χ1n) is 10.7. The lowest BCUT2D eigenvalue weighted by molar-refractivity contribution is -0.120. The molecule has 1 heterocycles. The summed E-state index contributed by atoms with van der Waals surface area (Å²) in [6.45, 7) is 7.92. The first-order valence-corrected chi connectivity index (χ1v) is 10.7. The summed E-state index contributed by atoms with van der Waals surface area (Å²) in [6, 6.07) is 16.1. The average molecular weight is 446 g/mol. The van der Waals surface area contributed by atoms with E-state index in [1.54, 1.807) is 18.2 Å². The van der Waals surface area contributed by atoms with E-state index in [2.05, 4.69) is 19.2 Å². The Bertz CT molecular complexity index is 1290. The van der Waals surface area contributed by atoms with Crippen LogP contribution in [-0.2, 0) is 9.59 Å². The van der Waals surface area contributed by atoms with Gasteiger partial charge in [-0.25, -0.2) is 13.7 Å². The predicted octanol–water partition coefficient (Wildman–Crippen LogP) is 6.10. The fourth-order valence-corrected chi connectivity index (χ4v) is 3.95. The van der Waals surface area contributed by atoms with Crippen LogP contribution in [-0.4, -0.2) is 11.8 Å². The van der Waals surface area contributed by atoms with Crippen LogP contribution in [0.2, 0.25) is 0 Å². The maximum Gasteiger partial charge on any atom is 0.282 e. The fraction of sp³-hybridized carbons (Fsp3) is 0.185. The minimum absolute atomic E-state index is 0.0193. The highest BCUT2D eigenvalue weighted by molar-refractivity contribution is 6.46. The van der Waals surface area contributed by atoms with Gasteiger partial charge in [0.05, 0.1) is 11.3 Å². The van der Waals surface area contributed by atoms with Gasteiger partial charge in [0.2, 0.25) is 0 Å². The molecule has 0 saturated heterocycles. The summed E-state index contributed by atoms with van der Waals surface area (Å²) >= 11 is 0. The molecule has 1 aliphatic rings. The summed E-state index contributed by atoms with van der Waals surface area (Å²) in [4.78, 5) is 28.1. The molecule has 4 nitrogen and oxygen atoms in total. The molecule has 0 radical (unpaired) electrons. The molecule has 2 amide bonds. The minimum Gasteiger partial charge on any atom is -0.350 e. The Balaban J connectivity index is 1.82. The number of rotatable bonds is 5. The Hall–Kier alpha value is -3.80. The molecule has 1 N–H and O–H groups in total. The van der Waals surface area contributed by atoms with Gasteiger partial charge in [-0.2, -0.15) is 0 Å². The van der Waals surface area contributed by atoms with Crippen molar-refractivity contribution in [2.75, 3.05) is 10.2 Å². The summed E-state index contributed by atoms with van der Waals surface area (Å²) in [5.74, 6) is -2.78. The number of amides is 2. The molecule has 1 aliphatic heterocycles. The third-order valence-electron chi connectivity index (χ3n) is 5.74. The first-order chi connectivity index (χ1) is 15.7. The number of nitrogens with zero attached hydrogens (tertiary/aromatic N) is 1. The maximum atomic E-state index is 13.8. The van der Waals surface area contributed by atoms with E-state index >= 15 is 0 Å². The number of benzene rings is 3. The molecular weight excluding hydrogens is 422 g/mol. The SMILES string of the molecule is Cc1ccc(C2=C(Nc3ccc(F)c(F)c3)C(=O)N(c3ccc(C(C)C)cc3)C2=O)c(C)c1. The number of anilines is 2. The highest BCUT2D eigenvalue weighted by Gasteiger charge is 2.40. The van der Waals surface area contributed by atoms with Gasteiger partial charge in [-0.1, -0.05) is 49.7 Å². The number of hydrogen-bond acceptors (Lipinski definition) is 3. The smallest absolute Gasteiger partial charge is 0.282 e. The minimum atomic E-state index is -1.05. The van der Waals surface area contributed by atoms with E-state index in [-0.39, 0.29) is 17.0 Å². The molecule has 0 unspecified atom stereocenters. The number of carbonyl (C=O) groups excluding carboxylic acids is 2. The van der Waals surface area contributed by atoms with Gasteiger partial charge >= 0.3 is 0 Å². The van der Waals surface area contributed by atoms with Gasteiger partial charge in [-0.3, -0.25) is 9.59 Å². The average Bonchev–Trinajstić information content (AvgIpc) is 3.00. The van der Waals surface area contributed by atoms with Crippen LogP contribution in [0.1, 0.15) is 42.0 Å². The van der Waals surface area contributed by atoms with Crippen molar-refractivity contribution in [1.29, 1.82) is 0 Å². The molecule has 0 bridgehead atoms. The quantitative estimate of drug-likeness (QED) is 0.482. The van der Waals surface area contributed by atoms with E-state index in [0.29, 0.717) is 17.2 Å². The second kappa shape index (κ2) is 8.62. The number of halogens is 2. The summed E-state index contributed by atoms with van der Waals surface area (Å²) in [5, 5.41) is 2.87. The van der Waals surface area contributed by atoms with E-state index in [1.165, 1.54) is 6.07 Å². The highest BCUT2D eigenvalue weighted by Crippen LogP contribution is 2.35. The van der Waals surface area contributed by atoms with E-state index in [9.17, 15) is 18.4 Å². The maximum absolute atomic E-state index is 13.8. The van der Waals surface area contributed by atoms with E-state index in [0.717, 1.165) is 33.7 Å². The summed E-state index contributed by atoms with van der Waals surface area (Å²) in [5.41, 5.74) is 4.35. The van der Waals surface area contributed by atoms with Crippen LogP contribution in [0.4, 0.5) is 20.2 Å². The lowest BCUT2D eigenvalue weighted by Crippen LogP contribution is -2.32. The molecule has 0 aliphatic carbocycles. The van der Waals surface area contributed by atoms with Gasteiger partial charge in [-0.05, 0) is 60.7 Å². The Morgan fingerprint density at radius 2 is 1.52 bits per heavy atom. The van der Waals surface area contributed by atoms with Gasteiger partial charge in [0.1, 0.15) is 5.70 Å². The molecule has 0 aromatic heterocycles. The largest absolute Gasteiger partial charge is 0.350 e. The highest BCUT2D eigenvalue weighted by atomic mass is 19.2. The van der Waals surface area contributed by atoms with E-state index in [4.69, 9.17) is 0 Å². The van der Waals surface area contributed by atoms with Gasteiger partial charge < -0.3 is 5.32 Å². The van der Waals surface area contributed by atoms with E-state index in [1.807, 2.05) is 38.1 Å². The van der Waals surface area contributed by atoms with Crippen molar-refractivity contribution in [3.8, 4) is 0 Å². The molecule has 0 spiro atoms. The number of hydrogen-bond donors (Lipinski definition) is 1. The summed E-state index contributed by atoms with van der Waals surface area (Å²) < 4.78 is 27.2. The van der Waals surface area contributed by atoms with E-state index < -0.39 is 23.4 Å². The Labute approximate surface area is 191 Å². The van der Waals surface area contributed by atoms with Crippen LogP contribution in [0.5, 0.6) is 0 Å². The van der Waals surface area contributed by atoms with Gasteiger partial charge in [-0.15, -0.1) is 0 Å². The standard InChI is InChI=1S/C27H24F2N2O2/c1-15(2)18-6-9-20(10-7-18)31-26(32)24(21-11-5-16(3)13-17(21)4)25(27(31)33)30-19-8-12-22(28)23(29)14-19/h5-15,30H,1-4H3. The fourth-order valence-electron chi connectivity index (χ4n) is 3.95. The number of imide groups is 1. The van der Waals surface area contributed by atoms with Crippen molar-refractivity contribution in [2.45, 2.75) is 33.6 Å². The van der Waals surface area contributed by atoms with Gasteiger partial charge in [0.25, 0.3) is 11.8 Å². The zero-order valence-corrected chi connectivity index (χ0v) is 18.9. The second-order valence-corrected chi connectivity index (χ2v) is 8.51. The molecule has 0 saturated carbocycles. The zero-order valence-electron chi connectivity index (χ0n) is 18.9. The molecule has 3 aromatic rings. The number of nitrogens with one attached hydrogen (secondary N) is 1. The van der Waals surface area contributed by atoms with Crippen molar-refractivity contribution in [3.63, 3.8) is 0 Å². The lowest BCUT2D eigenvalue weighted by atomic mass is 9.97. The van der Waals surface area contributed by atoms with Crippen molar-refractivity contribution >= 4 is 28.8 Å². The molecule has 4 rings (SSSR count). The van der Waals surface area contributed by atoms with Crippen LogP contribution in [0.15, 0.2) is 66.4 Å². The summed E-state index contributed by atoms with van der Waals surface area (Å²) in [6.07, 6.45) is 0. The third kappa shape index (κ3) is 4.16. The van der Waals surface area contributed by atoms with Crippen LogP contribution in [0.25, 0.3) is 5.57 Å². The van der Waals surface area contributed by atoms with Crippen LogP contribution >= 0.6 is 0 Å². The Morgan fingerprint density at radius 3 is 2.12 bits per heavy atom. The molecule has 6 heteroatoms. The first kappa shape index (κ1) is 22.4.